The summed E-state index contributed by atoms with van der Waals surface area (Å²) in [4.78, 5) is 13.8. The van der Waals surface area contributed by atoms with E-state index in [4.69, 9.17) is 4.74 Å². The lowest BCUT2D eigenvalue weighted by molar-refractivity contribution is -0.113. The molecule has 4 heteroatoms. The van der Waals surface area contributed by atoms with E-state index in [1.54, 1.807) is 50.6 Å². The second-order valence-electron chi connectivity index (χ2n) is 5.90. The molecule has 0 aliphatic carbocycles. The summed E-state index contributed by atoms with van der Waals surface area (Å²) in [6.45, 7) is 0. The Morgan fingerprint density at radius 1 is 0.963 bits per heavy atom. The van der Waals surface area contributed by atoms with Crippen LogP contribution in [0.1, 0.15) is 5.56 Å². The van der Waals surface area contributed by atoms with Gasteiger partial charge < -0.3 is 9.64 Å². The van der Waals surface area contributed by atoms with Gasteiger partial charge in [0.2, 0.25) is 0 Å². The highest BCUT2D eigenvalue weighted by Crippen LogP contribution is 2.21. The summed E-state index contributed by atoms with van der Waals surface area (Å²) < 4.78 is 18.2. The second kappa shape index (κ2) is 8.20. The number of rotatable bonds is 3. The molecular formula is C23H18FNO2. The lowest BCUT2D eigenvalue weighted by Crippen LogP contribution is -2.24. The van der Waals surface area contributed by atoms with Crippen LogP contribution in [0.5, 0.6) is 5.75 Å². The van der Waals surface area contributed by atoms with Crippen LogP contribution in [0.15, 0.2) is 72.8 Å². The van der Waals surface area contributed by atoms with Crippen molar-refractivity contribution in [2.75, 3.05) is 19.1 Å². The molecular weight excluding hydrogens is 341 g/mol. The first-order valence-corrected chi connectivity index (χ1v) is 8.36. The molecule has 27 heavy (non-hydrogen) atoms. The maximum absolute atomic E-state index is 13.1. The molecule has 0 aromatic heterocycles. The molecule has 0 aliphatic heterocycles. The highest BCUT2D eigenvalue weighted by Gasteiger charge is 2.08. The van der Waals surface area contributed by atoms with Crippen LogP contribution in [0.3, 0.4) is 0 Å². The number of hydrogen-bond donors (Lipinski definition) is 0. The van der Waals surface area contributed by atoms with E-state index in [9.17, 15) is 9.18 Å². The number of amides is 1. The van der Waals surface area contributed by atoms with E-state index < -0.39 is 0 Å². The van der Waals surface area contributed by atoms with Crippen LogP contribution in [0.4, 0.5) is 10.1 Å². The molecule has 0 unspecified atom stereocenters. The van der Waals surface area contributed by atoms with Gasteiger partial charge in [0.05, 0.1) is 7.11 Å². The number of ether oxygens (including phenoxy) is 1. The van der Waals surface area contributed by atoms with E-state index in [1.807, 2.05) is 24.3 Å². The third kappa shape index (κ3) is 4.53. The molecule has 0 spiro atoms. The van der Waals surface area contributed by atoms with Crippen LogP contribution in [-0.4, -0.2) is 20.1 Å². The van der Waals surface area contributed by atoms with Gasteiger partial charge in [0.15, 0.2) is 0 Å². The first kappa shape index (κ1) is 18.2. The van der Waals surface area contributed by atoms with Gasteiger partial charge in [-0.1, -0.05) is 30.2 Å². The monoisotopic (exact) mass is 359 g/mol. The van der Waals surface area contributed by atoms with Gasteiger partial charge in [-0.15, -0.1) is 0 Å². The molecule has 0 saturated carbocycles. The van der Waals surface area contributed by atoms with Crippen molar-refractivity contribution in [3.8, 4) is 28.7 Å². The summed E-state index contributed by atoms with van der Waals surface area (Å²) in [7, 11) is 3.27. The SMILES string of the molecule is COc1ccc(N(C)C(=O)C#Cc2cccc(-c3ccc(F)cc3)c2)cc1. The van der Waals surface area contributed by atoms with E-state index in [0.29, 0.717) is 5.56 Å². The normalized spacial score (nSPS) is 9.89. The number of methoxy groups -OCH3 is 1. The molecule has 0 bridgehead atoms. The zero-order chi connectivity index (χ0) is 19.2. The van der Waals surface area contributed by atoms with Gasteiger partial charge >= 0.3 is 5.91 Å². The average molecular weight is 359 g/mol. The molecule has 0 saturated heterocycles. The minimum absolute atomic E-state index is 0.276. The summed E-state index contributed by atoms with van der Waals surface area (Å²) >= 11 is 0. The highest BCUT2D eigenvalue weighted by atomic mass is 19.1. The minimum atomic E-state index is -0.313. The predicted molar refractivity (Wildman–Crippen MR) is 105 cm³/mol. The first-order valence-electron chi connectivity index (χ1n) is 8.36. The summed E-state index contributed by atoms with van der Waals surface area (Å²) in [5, 5.41) is 0. The fourth-order valence-electron chi connectivity index (χ4n) is 2.55. The Hall–Kier alpha value is -3.58. The minimum Gasteiger partial charge on any atom is -0.497 e. The van der Waals surface area contributed by atoms with Gasteiger partial charge in [0.1, 0.15) is 11.6 Å². The zero-order valence-corrected chi connectivity index (χ0v) is 15.1. The van der Waals surface area contributed by atoms with Gasteiger partial charge in [-0.2, -0.15) is 0 Å². The van der Waals surface area contributed by atoms with Gasteiger partial charge in [-0.25, -0.2) is 4.39 Å². The number of benzene rings is 3. The fourth-order valence-corrected chi connectivity index (χ4v) is 2.55. The smallest absolute Gasteiger partial charge is 0.302 e. The van der Waals surface area contributed by atoms with Gasteiger partial charge in [0, 0.05) is 24.2 Å². The number of carbonyl (C=O) groups excluding carboxylic acids is 1. The molecule has 3 aromatic carbocycles. The molecule has 0 radical (unpaired) electrons. The first-order chi connectivity index (χ1) is 13.1. The Balaban J connectivity index is 1.77. The van der Waals surface area contributed by atoms with Crippen molar-refractivity contribution in [1.29, 1.82) is 0 Å². The molecule has 3 nitrogen and oxygen atoms in total. The van der Waals surface area contributed by atoms with Crippen molar-refractivity contribution in [3.63, 3.8) is 0 Å². The third-order valence-corrected chi connectivity index (χ3v) is 4.12. The Morgan fingerprint density at radius 3 is 2.33 bits per heavy atom. The molecule has 0 N–H and O–H groups in total. The number of hydrogen-bond acceptors (Lipinski definition) is 2. The lowest BCUT2D eigenvalue weighted by atomic mass is 10.0. The number of anilines is 1. The third-order valence-electron chi connectivity index (χ3n) is 4.12. The Kier molecular flexibility index (Phi) is 5.53. The van der Waals surface area contributed by atoms with Crippen molar-refractivity contribution >= 4 is 11.6 Å². The number of halogens is 1. The van der Waals surface area contributed by atoms with Gasteiger partial charge in [-0.05, 0) is 59.7 Å². The summed E-state index contributed by atoms with van der Waals surface area (Å²) in [5.41, 5.74) is 3.25. The molecule has 0 heterocycles. The van der Waals surface area contributed by atoms with E-state index >= 15 is 0 Å². The van der Waals surface area contributed by atoms with Crippen LogP contribution < -0.4 is 9.64 Å². The van der Waals surface area contributed by atoms with Gasteiger partial charge in [-0.3, -0.25) is 4.79 Å². The van der Waals surface area contributed by atoms with Crippen molar-refractivity contribution < 1.29 is 13.9 Å². The zero-order valence-electron chi connectivity index (χ0n) is 15.1. The van der Waals surface area contributed by atoms with E-state index in [1.165, 1.54) is 17.0 Å². The standard InChI is InChI=1S/C23H18FNO2/c1-25(21-11-13-22(27-2)14-12-21)23(26)15-6-17-4-3-5-19(16-17)18-7-9-20(24)10-8-18/h3-5,7-14,16H,1-2H3. The Morgan fingerprint density at radius 2 is 1.67 bits per heavy atom. The van der Waals surface area contributed by atoms with Crippen molar-refractivity contribution in [2.45, 2.75) is 0 Å². The molecule has 0 fully saturated rings. The van der Waals surface area contributed by atoms with Crippen LogP contribution in [0, 0.1) is 17.7 Å². The van der Waals surface area contributed by atoms with Crippen molar-refractivity contribution in [1.82, 2.24) is 0 Å². The Bertz CT molecular complexity index is 999. The highest BCUT2D eigenvalue weighted by molar-refractivity contribution is 6.05. The summed E-state index contributed by atoms with van der Waals surface area (Å²) in [6, 6.07) is 20.9. The molecule has 0 aliphatic rings. The predicted octanol–water partition coefficient (Wildman–Crippen LogP) is 4.52. The summed E-state index contributed by atoms with van der Waals surface area (Å²) in [5.74, 6) is 5.70. The lowest BCUT2D eigenvalue weighted by Gasteiger charge is -2.14. The van der Waals surface area contributed by atoms with Crippen LogP contribution in [0.2, 0.25) is 0 Å². The maximum atomic E-state index is 13.1. The van der Waals surface area contributed by atoms with Crippen molar-refractivity contribution in [3.05, 3.63) is 84.2 Å². The molecule has 3 rings (SSSR count). The molecule has 1 amide bonds. The van der Waals surface area contributed by atoms with Crippen LogP contribution in [-0.2, 0) is 4.79 Å². The number of carbonyl (C=O) groups is 1. The molecule has 3 aromatic rings. The number of nitrogens with zero attached hydrogens (tertiary/aromatic N) is 1. The Labute approximate surface area is 158 Å². The second-order valence-corrected chi connectivity index (χ2v) is 5.90. The summed E-state index contributed by atoms with van der Waals surface area (Å²) in [6.07, 6.45) is 0. The van der Waals surface area contributed by atoms with Crippen molar-refractivity contribution in [2.24, 2.45) is 0 Å². The van der Waals surface area contributed by atoms with E-state index in [2.05, 4.69) is 11.8 Å². The molecule has 0 atom stereocenters. The fraction of sp³-hybridized carbons (Fsp3) is 0.0870. The molecule has 134 valence electrons. The average Bonchev–Trinajstić information content (AvgIpc) is 2.72. The van der Waals surface area contributed by atoms with Gasteiger partial charge in [0.25, 0.3) is 0 Å². The maximum Gasteiger partial charge on any atom is 0.302 e. The van der Waals surface area contributed by atoms with Crippen LogP contribution in [0.25, 0.3) is 11.1 Å². The van der Waals surface area contributed by atoms with Crippen LogP contribution >= 0.6 is 0 Å². The topological polar surface area (TPSA) is 29.5 Å². The quantitative estimate of drug-likeness (QED) is 0.644. The largest absolute Gasteiger partial charge is 0.497 e. The van der Waals surface area contributed by atoms with E-state index in [-0.39, 0.29) is 11.7 Å². The van der Waals surface area contributed by atoms with E-state index in [0.717, 1.165) is 22.6 Å².